The Morgan fingerprint density at radius 1 is 0.767 bits per heavy atom. The maximum Gasteiger partial charge on any atom is 0.259 e. The number of pyridine rings is 1. The minimum atomic E-state index is -0.110. The normalized spacial score (nSPS) is 13.1. The Hall–Kier alpha value is -3.07. The molecule has 0 radical (unpaired) electrons. The van der Waals surface area contributed by atoms with E-state index in [0.717, 1.165) is 43.5 Å². The zero-order valence-corrected chi connectivity index (χ0v) is 18.4. The van der Waals surface area contributed by atoms with Crippen LogP contribution in [0.15, 0.2) is 57.7 Å². The van der Waals surface area contributed by atoms with Crippen molar-refractivity contribution in [1.82, 2.24) is 4.98 Å². The summed E-state index contributed by atoms with van der Waals surface area (Å²) >= 11 is 0. The van der Waals surface area contributed by atoms with Crippen molar-refractivity contribution in [2.24, 2.45) is 0 Å². The fourth-order valence-corrected chi connectivity index (χ4v) is 4.44. The molecule has 0 bridgehead atoms. The highest BCUT2D eigenvalue weighted by Gasteiger charge is 2.26. The van der Waals surface area contributed by atoms with E-state index in [1.54, 1.807) is 0 Å². The summed E-state index contributed by atoms with van der Waals surface area (Å²) in [6.45, 7) is 13.3. The predicted molar refractivity (Wildman–Crippen MR) is 127 cm³/mol. The summed E-state index contributed by atoms with van der Waals surface area (Å²) in [4.78, 5) is 16.1. The van der Waals surface area contributed by atoms with Gasteiger partial charge in [-0.1, -0.05) is 84.0 Å². The van der Waals surface area contributed by atoms with Crippen LogP contribution in [0.1, 0.15) is 52.7 Å². The summed E-state index contributed by atoms with van der Waals surface area (Å²) in [5.74, 6) is 0. The minimum absolute atomic E-state index is 0.00245. The lowest BCUT2D eigenvalue weighted by molar-refractivity contribution is 0.557. The van der Waals surface area contributed by atoms with E-state index in [-0.39, 0.29) is 16.4 Å². The van der Waals surface area contributed by atoms with E-state index in [4.69, 9.17) is 4.42 Å². The molecular formula is C27H27NO2. The van der Waals surface area contributed by atoms with Crippen molar-refractivity contribution >= 4 is 43.6 Å². The molecule has 1 N–H and O–H groups in total. The molecule has 0 aliphatic carbocycles. The number of nitrogens with one attached hydrogen (secondary N) is 1. The van der Waals surface area contributed by atoms with Gasteiger partial charge in [-0.2, -0.15) is 0 Å². The molecule has 2 aromatic heterocycles. The molecule has 0 saturated carbocycles. The maximum absolute atomic E-state index is 13.1. The van der Waals surface area contributed by atoms with Gasteiger partial charge in [0.25, 0.3) is 5.56 Å². The SMILES string of the molecule is CC(C)(C)c1cc(C(C)(C)C)c2oc3[nH]c(=O)c4c5ccccc5ccc4c3c2c1. The van der Waals surface area contributed by atoms with Gasteiger partial charge in [-0.15, -0.1) is 0 Å². The Morgan fingerprint density at radius 3 is 2.20 bits per heavy atom. The zero-order chi connectivity index (χ0) is 21.4. The first-order chi connectivity index (χ1) is 14.1. The second-order valence-corrected chi connectivity index (χ2v) is 10.4. The summed E-state index contributed by atoms with van der Waals surface area (Å²) < 4.78 is 6.32. The van der Waals surface area contributed by atoms with Gasteiger partial charge in [-0.05, 0) is 33.2 Å². The number of aromatic nitrogens is 1. The molecule has 3 heteroatoms. The van der Waals surface area contributed by atoms with Gasteiger partial charge < -0.3 is 4.42 Å². The number of hydrogen-bond donors (Lipinski definition) is 1. The number of aromatic amines is 1. The number of rotatable bonds is 0. The van der Waals surface area contributed by atoms with Gasteiger partial charge in [-0.3, -0.25) is 9.78 Å². The topological polar surface area (TPSA) is 46.0 Å². The van der Waals surface area contributed by atoms with E-state index >= 15 is 0 Å². The van der Waals surface area contributed by atoms with Gasteiger partial charge in [-0.25, -0.2) is 0 Å². The van der Waals surface area contributed by atoms with Crippen molar-refractivity contribution in [1.29, 1.82) is 0 Å². The molecule has 152 valence electrons. The highest BCUT2D eigenvalue weighted by Crippen LogP contribution is 2.41. The van der Waals surface area contributed by atoms with E-state index in [1.165, 1.54) is 5.56 Å². The third kappa shape index (κ3) is 2.68. The van der Waals surface area contributed by atoms with Crippen LogP contribution in [0, 0.1) is 0 Å². The van der Waals surface area contributed by atoms with Crippen LogP contribution in [-0.4, -0.2) is 4.98 Å². The molecule has 3 nitrogen and oxygen atoms in total. The second kappa shape index (κ2) is 5.98. The Balaban J connectivity index is 2.06. The maximum atomic E-state index is 13.1. The molecule has 3 aromatic carbocycles. The van der Waals surface area contributed by atoms with Crippen LogP contribution >= 0.6 is 0 Å². The van der Waals surface area contributed by atoms with Crippen LogP contribution in [0.25, 0.3) is 43.6 Å². The molecule has 0 fully saturated rings. The molecule has 30 heavy (non-hydrogen) atoms. The molecule has 0 aliphatic rings. The van der Waals surface area contributed by atoms with Gasteiger partial charge in [0.15, 0.2) is 0 Å². The Labute approximate surface area is 175 Å². The van der Waals surface area contributed by atoms with Crippen LogP contribution in [0.2, 0.25) is 0 Å². The van der Waals surface area contributed by atoms with Crippen molar-refractivity contribution in [3.8, 4) is 0 Å². The highest BCUT2D eigenvalue weighted by atomic mass is 16.3. The van der Waals surface area contributed by atoms with Crippen molar-refractivity contribution in [3.63, 3.8) is 0 Å². The first-order valence-electron chi connectivity index (χ1n) is 10.5. The fourth-order valence-electron chi connectivity index (χ4n) is 4.44. The molecule has 2 heterocycles. The monoisotopic (exact) mass is 397 g/mol. The average molecular weight is 398 g/mol. The lowest BCUT2D eigenvalue weighted by Crippen LogP contribution is -2.16. The van der Waals surface area contributed by atoms with Gasteiger partial charge in [0.2, 0.25) is 5.71 Å². The van der Waals surface area contributed by atoms with Crippen LogP contribution < -0.4 is 5.56 Å². The summed E-state index contributed by atoms with van der Waals surface area (Å²) in [7, 11) is 0. The quantitative estimate of drug-likeness (QED) is 0.281. The molecule has 0 saturated heterocycles. The summed E-state index contributed by atoms with van der Waals surface area (Å²) in [5, 5.41) is 5.75. The lowest BCUT2D eigenvalue weighted by Gasteiger charge is -2.25. The van der Waals surface area contributed by atoms with Gasteiger partial charge in [0, 0.05) is 16.3 Å². The molecule has 5 aromatic rings. The largest absolute Gasteiger partial charge is 0.439 e. The van der Waals surface area contributed by atoms with Gasteiger partial charge in [0.1, 0.15) is 5.58 Å². The van der Waals surface area contributed by atoms with Gasteiger partial charge in [0.05, 0.1) is 10.8 Å². The van der Waals surface area contributed by atoms with Crippen LogP contribution in [0.3, 0.4) is 0 Å². The summed E-state index contributed by atoms with van der Waals surface area (Å²) in [5.41, 5.74) is 3.65. The Bertz CT molecular complexity index is 1520. The Morgan fingerprint density at radius 2 is 1.50 bits per heavy atom. The van der Waals surface area contributed by atoms with Crippen molar-refractivity contribution in [2.75, 3.05) is 0 Å². The number of hydrogen-bond acceptors (Lipinski definition) is 2. The Kier molecular flexibility index (Phi) is 3.77. The molecule has 5 rings (SSSR count). The number of fused-ring (bicyclic) bond motifs is 7. The first-order valence-corrected chi connectivity index (χ1v) is 10.5. The third-order valence-electron chi connectivity index (χ3n) is 6.12. The third-order valence-corrected chi connectivity index (χ3v) is 6.12. The van der Waals surface area contributed by atoms with E-state index in [9.17, 15) is 4.79 Å². The predicted octanol–water partition coefficient (Wildman–Crippen LogP) is 7.18. The first kappa shape index (κ1) is 18.9. The van der Waals surface area contributed by atoms with Gasteiger partial charge >= 0.3 is 0 Å². The lowest BCUT2D eigenvalue weighted by atomic mass is 9.79. The summed E-state index contributed by atoms with van der Waals surface area (Å²) in [6, 6.07) is 16.7. The van der Waals surface area contributed by atoms with Crippen LogP contribution in [-0.2, 0) is 10.8 Å². The smallest absolute Gasteiger partial charge is 0.259 e. The number of furan rings is 1. The van der Waals surface area contributed by atoms with Crippen LogP contribution in [0.5, 0.6) is 0 Å². The summed E-state index contributed by atoms with van der Waals surface area (Å²) in [6.07, 6.45) is 0. The van der Waals surface area contributed by atoms with E-state index in [2.05, 4.69) is 70.8 Å². The molecule has 0 unspecified atom stereocenters. The number of benzene rings is 3. The van der Waals surface area contributed by atoms with Crippen LogP contribution in [0.4, 0.5) is 0 Å². The van der Waals surface area contributed by atoms with Crippen molar-refractivity contribution < 1.29 is 4.42 Å². The van der Waals surface area contributed by atoms with Crippen molar-refractivity contribution in [3.05, 3.63) is 70.0 Å². The molecule has 0 atom stereocenters. The molecule has 0 amide bonds. The fraction of sp³-hybridized carbons (Fsp3) is 0.296. The van der Waals surface area contributed by atoms with E-state index in [1.807, 2.05) is 24.3 Å². The minimum Gasteiger partial charge on any atom is -0.439 e. The molecule has 0 aliphatic heterocycles. The molecular weight excluding hydrogens is 370 g/mol. The van der Waals surface area contributed by atoms with E-state index < -0.39 is 0 Å². The highest BCUT2D eigenvalue weighted by molar-refractivity contribution is 6.22. The van der Waals surface area contributed by atoms with Crippen molar-refractivity contribution in [2.45, 2.75) is 52.4 Å². The standard InChI is InChI=1S/C27H27NO2/c1-26(2,3)16-13-19-22-18-12-11-15-9-7-8-10-17(15)21(18)24(29)28-25(22)30-23(19)20(14-16)27(4,5)6/h7-14H,1-6H3,(H,28,29). The van der Waals surface area contributed by atoms with E-state index in [0.29, 0.717) is 5.71 Å². The zero-order valence-electron chi connectivity index (χ0n) is 18.4. The number of H-pyrrole nitrogens is 1. The second-order valence-electron chi connectivity index (χ2n) is 10.4. The molecule has 0 spiro atoms. The average Bonchev–Trinajstić information content (AvgIpc) is 3.03.